The number of rotatable bonds is 23. The van der Waals surface area contributed by atoms with Crippen LogP contribution in [0.1, 0.15) is 115 Å². The number of primary amides is 1. The Kier molecular flexibility index (Phi) is 17.1. The Bertz CT molecular complexity index is 1970. The van der Waals surface area contributed by atoms with Gasteiger partial charge in [-0.15, -0.1) is 0 Å². The van der Waals surface area contributed by atoms with E-state index in [9.17, 15) is 33.9 Å². The molecule has 1 heterocycles. The number of carbonyl (C=O) groups is 6. The van der Waals surface area contributed by atoms with E-state index in [4.69, 9.17) is 26.5 Å². The summed E-state index contributed by atoms with van der Waals surface area (Å²) < 4.78 is 12.5. The van der Waals surface area contributed by atoms with Gasteiger partial charge in [0.2, 0.25) is 29.5 Å². The third kappa shape index (κ3) is 11.9. The first-order valence-corrected chi connectivity index (χ1v) is 22.8. The molecule has 0 spiro atoms. The zero-order valence-corrected chi connectivity index (χ0v) is 38.1. The van der Waals surface area contributed by atoms with Gasteiger partial charge in [-0.3, -0.25) is 28.8 Å². The first kappa shape index (κ1) is 50.1. The van der Waals surface area contributed by atoms with Crippen molar-refractivity contribution in [2.45, 2.75) is 154 Å². The molecular weight excluding hydrogens is 819 g/mol. The van der Waals surface area contributed by atoms with Crippen LogP contribution in [-0.2, 0) is 39.7 Å². The number of hydrogen-bond acceptors (Lipinski definition) is 11. The quantitative estimate of drug-likeness (QED) is 0.0440. The second kappa shape index (κ2) is 21.9. The maximum atomic E-state index is 13.7. The molecule has 64 heavy (non-hydrogen) atoms. The summed E-state index contributed by atoms with van der Waals surface area (Å²) in [6, 6.07) is 8.76. The van der Waals surface area contributed by atoms with Crippen LogP contribution in [0.3, 0.4) is 0 Å². The van der Waals surface area contributed by atoms with Crippen LogP contribution >= 0.6 is 0 Å². The van der Waals surface area contributed by atoms with Gasteiger partial charge in [0, 0.05) is 5.56 Å². The Hall–Kier alpha value is -4.88. The lowest BCUT2D eigenvalue weighted by molar-refractivity contribution is -0.199. The second-order valence-corrected chi connectivity index (χ2v) is 18.5. The Morgan fingerprint density at radius 3 is 1.98 bits per heavy atom. The molecule has 4 aliphatic rings. The largest absolute Gasteiger partial charge is 0.497 e. The van der Waals surface area contributed by atoms with E-state index in [1.807, 2.05) is 31.2 Å². The number of amides is 6. The van der Waals surface area contributed by atoms with Gasteiger partial charge in [0.15, 0.2) is 0 Å². The summed E-state index contributed by atoms with van der Waals surface area (Å²) in [4.78, 5) is 80.0. The molecule has 0 radical (unpaired) electrons. The number of aliphatic hydroxyl groups is 1. The summed E-state index contributed by atoms with van der Waals surface area (Å²) in [5.74, 6) is -3.95. The summed E-state index contributed by atoms with van der Waals surface area (Å²) >= 11 is 0. The van der Waals surface area contributed by atoms with Crippen molar-refractivity contribution in [1.82, 2.24) is 26.6 Å². The van der Waals surface area contributed by atoms with Gasteiger partial charge in [-0.1, -0.05) is 70.5 Å². The monoisotopic (exact) mass is 889 g/mol. The van der Waals surface area contributed by atoms with E-state index in [0.29, 0.717) is 30.9 Å². The molecule has 2 aromatic carbocycles. The van der Waals surface area contributed by atoms with Crippen LogP contribution in [0, 0.1) is 17.3 Å². The van der Waals surface area contributed by atoms with Gasteiger partial charge in [0.05, 0.1) is 24.2 Å². The highest BCUT2D eigenvalue weighted by atomic mass is 16.7. The minimum Gasteiger partial charge on any atom is -0.403 e. The molecular formula is C46H69BN8O9. The van der Waals surface area contributed by atoms with Gasteiger partial charge >= 0.3 is 7.12 Å². The predicted molar refractivity (Wildman–Crippen MR) is 242 cm³/mol. The average molecular weight is 889 g/mol. The van der Waals surface area contributed by atoms with Gasteiger partial charge < -0.3 is 58.2 Å². The lowest BCUT2D eigenvalue weighted by Gasteiger charge is -2.64. The fourth-order valence-corrected chi connectivity index (χ4v) is 9.40. The number of hydrogen-bond donors (Lipinski definition) is 9. The first-order valence-electron chi connectivity index (χ1n) is 22.8. The van der Waals surface area contributed by atoms with Gasteiger partial charge in [-0.25, -0.2) is 0 Å². The van der Waals surface area contributed by atoms with E-state index < -0.39 is 90.9 Å². The first-order chi connectivity index (χ1) is 30.3. The summed E-state index contributed by atoms with van der Waals surface area (Å²) in [6.07, 6.45) is 4.12. The normalized spacial score (nSPS) is 23.5. The predicted octanol–water partition coefficient (Wildman–Crippen LogP) is 1.71. The van der Waals surface area contributed by atoms with Crippen molar-refractivity contribution in [2.24, 2.45) is 34.5 Å². The maximum absolute atomic E-state index is 13.7. The van der Waals surface area contributed by atoms with Crippen LogP contribution in [0.15, 0.2) is 48.5 Å². The fourth-order valence-electron chi connectivity index (χ4n) is 9.40. The van der Waals surface area contributed by atoms with Gasteiger partial charge in [0.1, 0.15) is 30.2 Å². The molecule has 2 unspecified atom stereocenters. The molecule has 3 aliphatic carbocycles. The molecule has 2 aromatic rings. The fraction of sp³-hybridized carbons (Fsp3) is 0.609. The standard InChI is InChI=1S/C46H69BN8O9/c1-7-9-12-27-14-16-28(17-15-27)29-18-20-30(21-19-29)39(58)52-33(13-10-11-22-48)41(60)54-38(26(3)56)43(62)51-32(8-2)40(59)53-34(25-37(49)57)42(61)55-44(50)47-63-36-24-31-23-35(45(31,4)5)46(36,6)64-47/h14-21,26,31-36,38,44,56H,7-13,22-25,48,50H2,1-6H3,(H2,49,57)(H,51,62)(H,52,58)(H,53,59)(H,54,60)(H,55,61)/t26-,31+,32+,33+,34?,35+,36?,38+,44-,46+/m1/s1. The van der Waals surface area contributed by atoms with E-state index in [1.165, 1.54) is 12.5 Å². The van der Waals surface area contributed by atoms with Crippen molar-refractivity contribution in [1.29, 1.82) is 0 Å². The zero-order valence-electron chi connectivity index (χ0n) is 38.1. The molecule has 350 valence electrons. The summed E-state index contributed by atoms with van der Waals surface area (Å²) in [5, 5.41) is 23.6. The number of nitrogens with two attached hydrogens (primary N) is 3. The minimum atomic E-state index is -1.55. The molecule has 3 saturated carbocycles. The summed E-state index contributed by atoms with van der Waals surface area (Å²) in [7, 11) is -0.974. The lowest BCUT2D eigenvalue weighted by Crippen LogP contribution is -2.65. The SMILES string of the molecule is CCCCc1ccc(-c2ccc(C(=O)N[C@@H](CCCCN)C(=O)N[C@H](C(=O)N[C@@H](CC)C(=O)NC(CC(N)=O)C(=O)N[C@@H](N)B3OC4C[C@@H]5C[C@@H](C5(C)C)[C@]4(C)O3)[C@@H](C)O)cc2)cc1. The highest BCUT2D eigenvalue weighted by molar-refractivity contribution is 6.47. The third-order valence-electron chi connectivity index (χ3n) is 13.5. The van der Waals surface area contributed by atoms with E-state index in [0.717, 1.165) is 43.2 Å². The Labute approximate surface area is 377 Å². The molecule has 12 N–H and O–H groups in total. The number of unbranched alkanes of at least 4 members (excludes halogenated alkanes) is 2. The van der Waals surface area contributed by atoms with Crippen LogP contribution in [0.2, 0.25) is 0 Å². The van der Waals surface area contributed by atoms with Crippen LogP contribution in [0.4, 0.5) is 0 Å². The molecule has 1 aliphatic heterocycles. The van der Waals surface area contributed by atoms with E-state index in [-0.39, 0.29) is 30.3 Å². The van der Waals surface area contributed by atoms with Crippen molar-refractivity contribution < 1.29 is 43.2 Å². The highest BCUT2D eigenvalue weighted by Gasteiger charge is 2.68. The van der Waals surface area contributed by atoms with E-state index in [2.05, 4.69) is 59.5 Å². The zero-order chi connectivity index (χ0) is 46.9. The van der Waals surface area contributed by atoms with Crippen molar-refractivity contribution in [3.05, 3.63) is 59.7 Å². The average Bonchev–Trinajstić information content (AvgIpc) is 3.63. The molecule has 17 nitrogen and oxygen atoms in total. The summed E-state index contributed by atoms with van der Waals surface area (Å²) in [6.45, 7) is 11.8. The maximum Gasteiger partial charge on any atom is 0.497 e. The molecule has 6 rings (SSSR count). The van der Waals surface area contributed by atoms with Gasteiger partial charge in [0.25, 0.3) is 5.91 Å². The van der Waals surface area contributed by atoms with E-state index in [1.54, 1.807) is 19.1 Å². The summed E-state index contributed by atoms with van der Waals surface area (Å²) in [5.41, 5.74) is 20.5. The number of aryl methyl sites for hydroxylation is 1. The Morgan fingerprint density at radius 1 is 0.797 bits per heavy atom. The van der Waals surface area contributed by atoms with E-state index >= 15 is 0 Å². The molecule has 18 heteroatoms. The third-order valence-corrected chi connectivity index (χ3v) is 13.5. The van der Waals surface area contributed by atoms with Crippen molar-refractivity contribution >= 4 is 42.6 Å². The van der Waals surface area contributed by atoms with Crippen LogP contribution in [0.5, 0.6) is 0 Å². The number of nitrogens with one attached hydrogen (secondary N) is 5. The molecule has 0 aromatic heterocycles. The molecule has 10 atom stereocenters. The second-order valence-electron chi connectivity index (χ2n) is 18.5. The van der Waals surface area contributed by atoms with Crippen LogP contribution in [-0.4, -0.2) is 102 Å². The smallest absolute Gasteiger partial charge is 0.403 e. The molecule has 6 amide bonds. The van der Waals surface area contributed by atoms with Crippen molar-refractivity contribution in [3.63, 3.8) is 0 Å². The van der Waals surface area contributed by atoms with Crippen LogP contribution < -0.4 is 43.8 Å². The number of benzene rings is 2. The Morgan fingerprint density at radius 2 is 1.41 bits per heavy atom. The Balaban J connectivity index is 1.18. The van der Waals surface area contributed by atoms with Crippen molar-refractivity contribution in [2.75, 3.05) is 6.54 Å². The highest BCUT2D eigenvalue weighted by Crippen LogP contribution is 2.65. The lowest BCUT2D eigenvalue weighted by atomic mass is 9.43. The van der Waals surface area contributed by atoms with Gasteiger partial charge in [-0.2, -0.15) is 0 Å². The molecule has 2 bridgehead atoms. The number of carbonyl (C=O) groups excluding carboxylic acids is 6. The number of aliphatic hydroxyl groups excluding tert-OH is 1. The van der Waals surface area contributed by atoms with Crippen molar-refractivity contribution in [3.8, 4) is 11.1 Å². The topological polar surface area (TPSA) is 279 Å². The van der Waals surface area contributed by atoms with Crippen LogP contribution in [0.25, 0.3) is 11.1 Å². The van der Waals surface area contributed by atoms with Gasteiger partial charge in [-0.05, 0) is 118 Å². The minimum absolute atomic E-state index is 0.0194. The molecule has 1 saturated heterocycles. The molecule has 4 fully saturated rings.